The highest BCUT2D eigenvalue weighted by Crippen LogP contribution is 2.31. The predicted octanol–water partition coefficient (Wildman–Crippen LogP) is 1.40. The number of aliphatic carboxylic acids is 1. The van der Waals surface area contributed by atoms with Crippen LogP contribution in [0.4, 0.5) is 0 Å². The molecule has 1 aromatic carbocycles. The summed E-state index contributed by atoms with van der Waals surface area (Å²) >= 11 is 0. The van der Waals surface area contributed by atoms with Gasteiger partial charge in [0.1, 0.15) is 6.04 Å². The molecule has 2 aromatic rings. The first-order valence-electron chi connectivity index (χ1n) is 4.83. The number of fused-ring (bicyclic) bond motifs is 3. The van der Waals surface area contributed by atoms with Crippen LogP contribution in [0.1, 0.15) is 17.3 Å². The smallest absolute Gasteiger partial charge is 0.326 e. The Kier molecular flexibility index (Phi) is 1.61. The number of aromatic nitrogens is 1. The molecule has 1 unspecified atom stereocenters. The molecule has 3 N–H and O–H groups in total. The number of H-pyrrole nitrogens is 1. The number of carboxylic acids is 1. The summed E-state index contributed by atoms with van der Waals surface area (Å²) in [6.45, 7) is 0.621. The van der Waals surface area contributed by atoms with E-state index in [4.69, 9.17) is 5.11 Å². The molecule has 15 heavy (non-hydrogen) atoms. The maximum atomic E-state index is 11.0. The van der Waals surface area contributed by atoms with Crippen LogP contribution in [0.15, 0.2) is 24.3 Å². The summed E-state index contributed by atoms with van der Waals surface area (Å²) in [6.07, 6.45) is 0. The van der Waals surface area contributed by atoms with Crippen molar-refractivity contribution in [2.45, 2.75) is 12.6 Å². The van der Waals surface area contributed by atoms with Crippen molar-refractivity contribution in [2.24, 2.45) is 0 Å². The summed E-state index contributed by atoms with van der Waals surface area (Å²) in [7, 11) is 0. The Bertz CT molecular complexity index is 545. The van der Waals surface area contributed by atoms with Gasteiger partial charge in [-0.1, -0.05) is 18.2 Å². The van der Waals surface area contributed by atoms with E-state index in [0.717, 1.165) is 22.2 Å². The van der Waals surface area contributed by atoms with Crippen molar-refractivity contribution in [1.29, 1.82) is 0 Å². The van der Waals surface area contributed by atoms with Crippen molar-refractivity contribution in [2.75, 3.05) is 0 Å². The van der Waals surface area contributed by atoms with E-state index >= 15 is 0 Å². The molecule has 0 saturated heterocycles. The van der Waals surface area contributed by atoms with Gasteiger partial charge in [-0.25, -0.2) is 0 Å². The first-order valence-corrected chi connectivity index (χ1v) is 4.83. The number of carboxylic acid groups (broad SMARTS) is 1. The Labute approximate surface area is 85.9 Å². The standard InChI is InChI=1S/C11H10N2O2/c14-11(15)10-9-7(5-12-10)6-3-1-2-4-8(6)13-9/h1-4,10,12-13H,5H2,(H,14,15). The molecule has 1 aliphatic heterocycles. The van der Waals surface area contributed by atoms with Gasteiger partial charge in [0, 0.05) is 23.1 Å². The Morgan fingerprint density at radius 2 is 2.20 bits per heavy atom. The van der Waals surface area contributed by atoms with E-state index in [1.807, 2.05) is 24.3 Å². The van der Waals surface area contributed by atoms with Crippen molar-refractivity contribution < 1.29 is 9.90 Å². The second kappa shape index (κ2) is 2.84. The summed E-state index contributed by atoms with van der Waals surface area (Å²) in [4.78, 5) is 14.1. The molecule has 2 heterocycles. The van der Waals surface area contributed by atoms with Gasteiger partial charge in [0.2, 0.25) is 0 Å². The van der Waals surface area contributed by atoms with Crippen molar-refractivity contribution >= 4 is 16.9 Å². The fraction of sp³-hybridized carbons (Fsp3) is 0.182. The van der Waals surface area contributed by atoms with Crippen LogP contribution in [0, 0.1) is 0 Å². The monoisotopic (exact) mass is 202 g/mol. The van der Waals surface area contributed by atoms with Crippen LogP contribution in [0.5, 0.6) is 0 Å². The van der Waals surface area contributed by atoms with E-state index in [9.17, 15) is 4.79 Å². The number of para-hydroxylation sites is 1. The van der Waals surface area contributed by atoms with Gasteiger partial charge in [0.15, 0.2) is 0 Å². The van der Waals surface area contributed by atoms with Crippen LogP contribution in [0.25, 0.3) is 10.9 Å². The molecule has 1 aliphatic rings. The Morgan fingerprint density at radius 1 is 1.40 bits per heavy atom. The minimum Gasteiger partial charge on any atom is -0.480 e. The van der Waals surface area contributed by atoms with Crippen LogP contribution in [0.2, 0.25) is 0 Å². The summed E-state index contributed by atoms with van der Waals surface area (Å²) in [5, 5.41) is 13.1. The van der Waals surface area contributed by atoms with Gasteiger partial charge in [-0.15, -0.1) is 0 Å². The molecule has 0 fully saturated rings. The molecule has 0 amide bonds. The van der Waals surface area contributed by atoms with Crippen LogP contribution in [-0.2, 0) is 11.3 Å². The highest BCUT2D eigenvalue weighted by Gasteiger charge is 2.30. The van der Waals surface area contributed by atoms with Crippen LogP contribution in [0.3, 0.4) is 0 Å². The molecule has 0 spiro atoms. The molecular formula is C11H10N2O2. The topological polar surface area (TPSA) is 65.1 Å². The molecule has 4 heteroatoms. The summed E-state index contributed by atoms with van der Waals surface area (Å²) in [5.41, 5.74) is 2.89. The summed E-state index contributed by atoms with van der Waals surface area (Å²) in [5.74, 6) is -0.833. The SMILES string of the molecule is O=C(O)C1NCc2c1[nH]c1ccccc21. The van der Waals surface area contributed by atoms with Crippen molar-refractivity contribution in [1.82, 2.24) is 10.3 Å². The molecule has 0 bridgehead atoms. The minimum absolute atomic E-state index is 0.590. The van der Waals surface area contributed by atoms with Gasteiger partial charge < -0.3 is 10.1 Å². The molecular weight excluding hydrogens is 192 g/mol. The summed E-state index contributed by atoms with van der Waals surface area (Å²) in [6, 6.07) is 7.29. The Balaban J connectivity index is 2.25. The highest BCUT2D eigenvalue weighted by atomic mass is 16.4. The van der Waals surface area contributed by atoms with E-state index in [0.29, 0.717) is 6.54 Å². The van der Waals surface area contributed by atoms with Gasteiger partial charge in [-0.05, 0) is 11.6 Å². The lowest BCUT2D eigenvalue weighted by Gasteiger charge is -2.03. The zero-order valence-corrected chi connectivity index (χ0v) is 7.95. The highest BCUT2D eigenvalue weighted by molar-refractivity contribution is 5.88. The van der Waals surface area contributed by atoms with Gasteiger partial charge in [0.05, 0.1) is 0 Å². The third kappa shape index (κ3) is 1.08. The Morgan fingerprint density at radius 3 is 3.00 bits per heavy atom. The van der Waals surface area contributed by atoms with Gasteiger partial charge in [-0.2, -0.15) is 0 Å². The van der Waals surface area contributed by atoms with Crippen LogP contribution >= 0.6 is 0 Å². The molecule has 0 saturated carbocycles. The average Bonchev–Trinajstić information content (AvgIpc) is 2.74. The van der Waals surface area contributed by atoms with E-state index in [1.165, 1.54) is 0 Å². The third-order valence-corrected chi connectivity index (χ3v) is 2.87. The second-order valence-corrected chi connectivity index (χ2v) is 3.71. The Hall–Kier alpha value is -1.81. The molecule has 1 atom stereocenters. The van der Waals surface area contributed by atoms with Gasteiger partial charge >= 0.3 is 5.97 Å². The number of carbonyl (C=O) groups is 1. The molecule has 4 nitrogen and oxygen atoms in total. The van der Waals surface area contributed by atoms with E-state index in [1.54, 1.807) is 0 Å². The van der Waals surface area contributed by atoms with Crippen molar-refractivity contribution in [3.8, 4) is 0 Å². The third-order valence-electron chi connectivity index (χ3n) is 2.87. The lowest BCUT2D eigenvalue weighted by Crippen LogP contribution is -2.21. The van der Waals surface area contributed by atoms with E-state index < -0.39 is 12.0 Å². The van der Waals surface area contributed by atoms with E-state index in [2.05, 4.69) is 10.3 Å². The maximum Gasteiger partial charge on any atom is 0.326 e. The second-order valence-electron chi connectivity index (χ2n) is 3.71. The predicted molar refractivity (Wildman–Crippen MR) is 55.5 cm³/mol. The fourth-order valence-electron chi connectivity index (χ4n) is 2.17. The van der Waals surface area contributed by atoms with Crippen LogP contribution in [-0.4, -0.2) is 16.1 Å². The zero-order valence-electron chi connectivity index (χ0n) is 7.95. The normalized spacial score (nSPS) is 19.3. The van der Waals surface area contributed by atoms with Gasteiger partial charge in [-0.3, -0.25) is 10.1 Å². The number of nitrogens with one attached hydrogen (secondary N) is 2. The number of rotatable bonds is 1. The number of benzene rings is 1. The summed E-state index contributed by atoms with van der Waals surface area (Å²) < 4.78 is 0. The minimum atomic E-state index is -0.833. The molecule has 1 aromatic heterocycles. The molecule has 0 aliphatic carbocycles. The largest absolute Gasteiger partial charge is 0.480 e. The van der Waals surface area contributed by atoms with Crippen molar-refractivity contribution in [3.63, 3.8) is 0 Å². The average molecular weight is 202 g/mol. The number of hydrogen-bond donors (Lipinski definition) is 3. The van der Waals surface area contributed by atoms with Crippen molar-refractivity contribution in [3.05, 3.63) is 35.5 Å². The van der Waals surface area contributed by atoms with Gasteiger partial charge in [0.25, 0.3) is 0 Å². The maximum absolute atomic E-state index is 11.0. The molecule has 3 rings (SSSR count). The number of hydrogen-bond acceptors (Lipinski definition) is 2. The number of aromatic amines is 1. The first-order chi connectivity index (χ1) is 7.27. The fourth-order valence-corrected chi connectivity index (χ4v) is 2.17. The lowest BCUT2D eigenvalue weighted by atomic mass is 10.1. The quantitative estimate of drug-likeness (QED) is 0.654. The molecule has 0 radical (unpaired) electrons. The lowest BCUT2D eigenvalue weighted by molar-refractivity contribution is -0.139. The van der Waals surface area contributed by atoms with E-state index in [-0.39, 0.29) is 0 Å². The zero-order chi connectivity index (χ0) is 10.4. The van der Waals surface area contributed by atoms with Crippen LogP contribution < -0.4 is 5.32 Å². The first kappa shape index (κ1) is 8.49. The molecule has 76 valence electrons.